The highest BCUT2D eigenvalue weighted by Crippen LogP contribution is 2.35. The average molecular weight is 292 g/mol. The van der Waals surface area contributed by atoms with E-state index in [2.05, 4.69) is 13.8 Å². The number of aliphatic hydroxyl groups is 1. The molecule has 0 spiro atoms. The van der Waals surface area contributed by atoms with Gasteiger partial charge in [0.1, 0.15) is 5.75 Å². The number of phenolic OH excluding ortho intramolecular Hbond substituents is 1. The standard InChI is InChI=1S/C13H19Cl2NO2/c1-7(2)3-4-10(17)13(16)12-9(15)5-8(14)6-11(12)18/h5-7,10,13,17-18H,3-4,16H2,1-2H3/t10-,13-/m0/s1. The second-order valence-electron chi connectivity index (χ2n) is 4.88. The van der Waals surface area contributed by atoms with Gasteiger partial charge in [-0.25, -0.2) is 0 Å². The van der Waals surface area contributed by atoms with E-state index in [1.54, 1.807) is 0 Å². The molecule has 0 aliphatic heterocycles. The predicted molar refractivity (Wildman–Crippen MR) is 75.1 cm³/mol. The van der Waals surface area contributed by atoms with Crippen molar-refractivity contribution in [2.75, 3.05) is 0 Å². The van der Waals surface area contributed by atoms with Crippen molar-refractivity contribution in [2.45, 2.75) is 38.8 Å². The summed E-state index contributed by atoms with van der Waals surface area (Å²) < 4.78 is 0. The van der Waals surface area contributed by atoms with Crippen LogP contribution in [-0.4, -0.2) is 16.3 Å². The van der Waals surface area contributed by atoms with E-state index in [-0.39, 0.29) is 10.8 Å². The minimum absolute atomic E-state index is 0.0800. The molecule has 0 aliphatic rings. The molecular weight excluding hydrogens is 273 g/mol. The number of nitrogens with two attached hydrogens (primary N) is 1. The fourth-order valence-corrected chi connectivity index (χ4v) is 2.39. The number of aromatic hydroxyl groups is 1. The first-order valence-electron chi connectivity index (χ1n) is 5.94. The van der Waals surface area contributed by atoms with Crippen molar-refractivity contribution in [2.24, 2.45) is 11.7 Å². The third kappa shape index (κ3) is 4.02. The molecule has 0 saturated carbocycles. The number of benzene rings is 1. The molecule has 102 valence electrons. The van der Waals surface area contributed by atoms with E-state index in [0.29, 0.717) is 22.9 Å². The normalized spacial score (nSPS) is 14.8. The highest BCUT2D eigenvalue weighted by Gasteiger charge is 2.23. The minimum atomic E-state index is -0.739. The number of phenols is 1. The van der Waals surface area contributed by atoms with Crippen molar-refractivity contribution < 1.29 is 10.2 Å². The molecule has 1 aromatic carbocycles. The molecule has 2 atom stereocenters. The summed E-state index contributed by atoms with van der Waals surface area (Å²) in [7, 11) is 0. The van der Waals surface area contributed by atoms with Crippen molar-refractivity contribution in [3.63, 3.8) is 0 Å². The molecule has 0 amide bonds. The fraction of sp³-hybridized carbons (Fsp3) is 0.538. The summed E-state index contributed by atoms with van der Waals surface area (Å²) in [4.78, 5) is 0. The van der Waals surface area contributed by atoms with Crippen molar-refractivity contribution in [1.82, 2.24) is 0 Å². The van der Waals surface area contributed by atoms with Gasteiger partial charge in [0.2, 0.25) is 0 Å². The first-order valence-corrected chi connectivity index (χ1v) is 6.70. The van der Waals surface area contributed by atoms with Crippen LogP contribution in [0.2, 0.25) is 10.0 Å². The summed E-state index contributed by atoms with van der Waals surface area (Å²) >= 11 is 11.8. The summed E-state index contributed by atoms with van der Waals surface area (Å²) in [6, 6.07) is 2.17. The van der Waals surface area contributed by atoms with Crippen LogP contribution in [0, 0.1) is 5.92 Å². The Morgan fingerprint density at radius 1 is 1.22 bits per heavy atom. The number of aliphatic hydroxyl groups excluding tert-OH is 1. The van der Waals surface area contributed by atoms with E-state index < -0.39 is 12.1 Å². The largest absolute Gasteiger partial charge is 0.507 e. The van der Waals surface area contributed by atoms with E-state index in [4.69, 9.17) is 28.9 Å². The van der Waals surface area contributed by atoms with Gasteiger partial charge < -0.3 is 15.9 Å². The molecule has 4 N–H and O–H groups in total. The van der Waals surface area contributed by atoms with Gasteiger partial charge in [-0.2, -0.15) is 0 Å². The minimum Gasteiger partial charge on any atom is -0.507 e. The molecular formula is C13H19Cl2NO2. The maximum atomic E-state index is 10.0. The predicted octanol–water partition coefficient (Wildman–Crippen LogP) is 3.50. The molecule has 18 heavy (non-hydrogen) atoms. The zero-order valence-corrected chi connectivity index (χ0v) is 12.0. The molecule has 0 aromatic heterocycles. The molecule has 1 rings (SSSR count). The van der Waals surface area contributed by atoms with Crippen LogP contribution >= 0.6 is 23.2 Å². The van der Waals surface area contributed by atoms with Crippen LogP contribution in [0.3, 0.4) is 0 Å². The van der Waals surface area contributed by atoms with Gasteiger partial charge in [-0.3, -0.25) is 0 Å². The van der Waals surface area contributed by atoms with E-state index in [1.165, 1.54) is 12.1 Å². The van der Waals surface area contributed by atoms with Crippen molar-refractivity contribution in [3.05, 3.63) is 27.7 Å². The first-order chi connectivity index (χ1) is 8.32. The van der Waals surface area contributed by atoms with Crippen LogP contribution in [0.5, 0.6) is 5.75 Å². The Kier molecular flexibility index (Phi) is 5.73. The third-order valence-electron chi connectivity index (χ3n) is 2.86. The SMILES string of the molecule is CC(C)CC[C@H](O)[C@H](N)c1c(O)cc(Cl)cc1Cl. The highest BCUT2D eigenvalue weighted by atomic mass is 35.5. The quantitative estimate of drug-likeness (QED) is 0.778. The molecule has 5 heteroatoms. The molecule has 3 nitrogen and oxygen atoms in total. The summed E-state index contributed by atoms with van der Waals surface area (Å²) in [5, 5.41) is 20.4. The van der Waals surface area contributed by atoms with Crippen LogP contribution in [-0.2, 0) is 0 Å². The Bertz CT molecular complexity index is 387. The Labute approximate surface area is 118 Å². The highest BCUT2D eigenvalue weighted by molar-refractivity contribution is 6.35. The number of hydrogen-bond acceptors (Lipinski definition) is 3. The van der Waals surface area contributed by atoms with E-state index >= 15 is 0 Å². The van der Waals surface area contributed by atoms with Gasteiger partial charge in [0, 0.05) is 10.6 Å². The average Bonchev–Trinajstić information content (AvgIpc) is 2.24. The van der Waals surface area contributed by atoms with E-state index in [9.17, 15) is 10.2 Å². The third-order valence-corrected chi connectivity index (χ3v) is 3.39. The number of rotatable bonds is 5. The van der Waals surface area contributed by atoms with Crippen LogP contribution < -0.4 is 5.73 Å². The van der Waals surface area contributed by atoms with Gasteiger partial charge in [0.15, 0.2) is 0 Å². The van der Waals surface area contributed by atoms with Crippen LogP contribution in [0.4, 0.5) is 0 Å². The maximum absolute atomic E-state index is 10.0. The molecule has 1 aromatic rings. The van der Waals surface area contributed by atoms with Gasteiger partial charge >= 0.3 is 0 Å². The lowest BCUT2D eigenvalue weighted by molar-refractivity contribution is 0.127. The number of hydrogen-bond donors (Lipinski definition) is 3. The van der Waals surface area contributed by atoms with Gasteiger partial charge in [-0.1, -0.05) is 37.0 Å². The fourth-order valence-electron chi connectivity index (χ4n) is 1.78. The Hall–Kier alpha value is -0.480. The van der Waals surface area contributed by atoms with Crippen molar-refractivity contribution >= 4 is 23.2 Å². The Morgan fingerprint density at radius 2 is 1.83 bits per heavy atom. The lowest BCUT2D eigenvalue weighted by Gasteiger charge is -2.22. The van der Waals surface area contributed by atoms with Gasteiger partial charge in [-0.05, 0) is 30.9 Å². The topological polar surface area (TPSA) is 66.5 Å². The summed E-state index contributed by atoms with van der Waals surface area (Å²) in [6.45, 7) is 4.15. The number of halogens is 2. The van der Waals surface area contributed by atoms with Gasteiger partial charge in [0.05, 0.1) is 17.2 Å². The lowest BCUT2D eigenvalue weighted by atomic mass is 9.95. The lowest BCUT2D eigenvalue weighted by Crippen LogP contribution is -2.27. The molecule has 0 saturated heterocycles. The van der Waals surface area contributed by atoms with E-state index in [1.807, 2.05) is 0 Å². The Balaban J connectivity index is 2.86. The zero-order chi connectivity index (χ0) is 13.9. The smallest absolute Gasteiger partial charge is 0.123 e. The van der Waals surface area contributed by atoms with Crippen LogP contribution in [0.15, 0.2) is 12.1 Å². The first kappa shape index (κ1) is 15.6. The van der Waals surface area contributed by atoms with Crippen molar-refractivity contribution in [3.8, 4) is 5.75 Å². The van der Waals surface area contributed by atoms with Crippen LogP contribution in [0.1, 0.15) is 38.3 Å². The second kappa shape index (κ2) is 6.62. The maximum Gasteiger partial charge on any atom is 0.123 e. The summed E-state index contributed by atoms with van der Waals surface area (Å²) in [6.07, 6.45) is 0.690. The zero-order valence-electron chi connectivity index (χ0n) is 10.5. The van der Waals surface area contributed by atoms with Gasteiger partial charge in [-0.15, -0.1) is 0 Å². The summed E-state index contributed by atoms with van der Waals surface area (Å²) in [5.74, 6) is 0.407. The van der Waals surface area contributed by atoms with Crippen molar-refractivity contribution in [1.29, 1.82) is 0 Å². The molecule has 0 bridgehead atoms. The monoisotopic (exact) mass is 291 g/mol. The van der Waals surface area contributed by atoms with E-state index in [0.717, 1.165) is 6.42 Å². The molecule has 0 heterocycles. The summed E-state index contributed by atoms with van der Waals surface area (Å²) in [5.41, 5.74) is 6.28. The second-order valence-corrected chi connectivity index (χ2v) is 5.73. The molecule has 0 unspecified atom stereocenters. The molecule has 0 radical (unpaired) electrons. The van der Waals surface area contributed by atoms with Gasteiger partial charge in [0.25, 0.3) is 0 Å². The Morgan fingerprint density at radius 3 is 2.33 bits per heavy atom. The molecule has 0 aliphatic carbocycles. The molecule has 0 fully saturated rings. The van der Waals surface area contributed by atoms with Crippen LogP contribution in [0.25, 0.3) is 0 Å².